The summed E-state index contributed by atoms with van der Waals surface area (Å²) in [5, 5.41) is 10.0. The van der Waals surface area contributed by atoms with E-state index < -0.39 is 0 Å². The summed E-state index contributed by atoms with van der Waals surface area (Å²) in [6, 6.07) is 0. The average Bonchev–Trinajstić information content (AvgIpc) is 2.38. The van der Waals surface area contributed by atoms with E-state index in [1.165, 1.54) is 18.3 Å². The van der Waals surface area contributed by atoms with E-state index >= 15 is 0 Å². The molecular formula is C16H24N2O3. The second-order valence-corrected chi connectivity index (χ2v) is 5.30. The van der Waals surface area contributed by atoms with Crippen LogP contribution in [0.1, 0.15) is 39.2 Å². The second kappa shape index (κ2) is 7.57. The third kappa shape index (κ3) is 4.70. The summed E-state index contributed by atoms with van der Waals surface area (Å²) in [6.07, 6.45) is 6.36. The predicted molar refractivity (Wildman–Crippen MR) is 85.8 cm³/mol. The standard InChI is InChI=1S/C16H24N2O3/c1-10(2)6-5-7-11(3)8-9-12-13(19)14(21-4)15(17)18-16(12)20/h6,8H,5,7,9H2,1-4H3,(H4,17,18,19,20)/b11-8+. The number of pyridine rings is 1. The van der Waals surface area contributed by atoms with Crippen LogP contribution in [0.4, 0.5) is 5.82 Å². The molecular weight excluding hydrogens is 268 g/mol. The topological polar surface area (TPSA) is 88.3 Å². The number of aromatic amines is 1. The van der Waals surface area contributed by atoms with Gasteiger partial charge in [-0.15, -0.1) is 0 Å². The van der Waals surface area contributed by atoms with Crippen LogP contribution in [-0.4, -0.2) is 17.2 Å². The van der Waals surface area contributed by atoms with Crippen molar-refractivity contribution in [3.8, 4) is 11.5 Å². The molecule has 0 bridgehead atoms. The lowest BCUT2D eigenvalue weighted by molar-refractivity contribution is 0.370. The Morgan fingerprint density at radius 2 is 2.00 bits per heavy atom. The van der Waals surface area contributed by atoms with Crippen LogP contribution in [0, 0.1) is 0 Å². The monoisotopic (exact) mass is 292 g/mol. The van der Waals surface area contributed by atoms with Crippen LogP contribution in [0.15, 0.2) is 28.1 Å². The van der Waals surface area contributed by atoms with Crippen LogP contribution in [0.2, 0.25) is 0 Å². The van der Waals surface area contributed by atoms with Crippen LogP contribution in [0.25, 0.3) is 0 Å². The number of anilines is 1. The van der Waals surface area contributed by atoms with Crippen molar-refractivity contribution < 1.29 is 9.84 Å². The molecule has 116 valence electrons. The second-order valence-electron chi connectivity index (χ2n) is 5.30. The molecule has 0 aliphatic carbocycles. The molecule has 0 unspecified atom stereocenters. The van der Waals surface area contributed by atoms with Gasteiger partial charge in [-0.1, -0.05) is 23.3 Å². The van der Waals surface area contributed by atoms with Gasteiger partial charge in [-0.05, 0) is 40.0 Å². The van der Waals surface area contributed by atoms with Gasteiger partial charge in [-0.2, -0.15) is 0 Å². The van der Waals surface area contributed by atoms with Crippen LogP contribution in [-0.2, 0) is 6.42 Å². The molecule has 1 aromatic rings. The van der Waals surface area contributed by atoms with E-state index in [2.05, 4.69) is 24.9 Å². The summed E-state index contributed by atoms with van der Waals surface area (Å²) in [5.74, 6) is -0.0414. The number of H-pyrrole nitrogens is 1. The van der Waals surface area contributed by atoms with Gasteiger partial charge in [0.15, 0.2) is 11.6 Å². The average molecular weight is 292 g/mol. The molecule has 0 aliphatic heterocycles. The van der Waals surface area contributed by atoms with Crippen molar-refractivity contribution in [2.75, 3.05) is 12.8 Å². The van der Waals surface area contributed by atoms with E-state index in [0.29, 0.717) is 6.42 Å². The predicted octanol–water partition coefficient (Wildman–Crippen LogP) is 2.91. The molecule has 1 rings (SSSR count). The SMILES string of the molecule is COc1c(N)[nH]c(=O)c(C/C=C(\C)CCC=C(C)C)c1O. The molecule has 0 saturated carbocycles. The normalized spacial score (nSPS) is 11.3. The van der Waals surface area contributed by atoms with E-state index in [9.17, 15) is 9.90 Å². The zero-order valence-electron chi connectivity index (χ0n) is 13.1. The van der Waals surface area contributed by atoms with Crippen LogP contribution in [0.5, 0.6) is 11.5 Å². The number of nitrogens with two attached hydrogens (primary N) is 1. The Balaban J connectivity index is 2.89. The smallest absolute Gasteiger partial charge is 0.256 e. The Labute approximate surface area is 125 Å². The van der Waals surface area contributed by atoms with Gasteiger partial charge in [0.1, 0.15) is 0 Å². The first-order valence-electron chi connectivity index (χ1n) is 6.93. The number of ether oxygens (including phenoxy) is 1. The lowest BCUT2D eigenvalue weighted by atomic mass is 10.1. The van der Waals surface area contributed by atoms with Crippen molar-refractivity contribution in [3.63, 3.8) is 0 Å². The van der Waals surface area contributed by atoms with Crippen LogP contribution in [0.3, 0.4) is 0 Å². The molecule has 0 aromatic carbocycles. The van der Waals surface area contributed by atoms with Gasteiger partial charge >= 0.3 is 0 Å². The molecule has 0 fully saturated rings. The molecule has 0 aliphatic rings. The largest absolute Gasteiger partial charge is 0.504 e. The number of methoxy groups -OCH3 is 1. The molecule has 1 heterocycles. The van der Waals surface area contributed by atoms with E-state index in [0.717, 1.165) is 12.8 Å². The summed E-state index contributed by atoms with van der Waals surface area (Å²) in [7, 11) is 1.40. The minimum Gasteiger partial charge on any atom is -0.504 e. The number of rotatable bonds is 6. The van der Waals surface area contributed by atoms with Gasteiger partial charge in [0.05, 0.1) is 12.7 Å². The first-order valence-corrected chi connectivity index (χ1v) is 6.93. The molecule has 0 radical (unpaired) electrons. The summed E-state index contributed by atoms with van der Waals surface area (Å²) >= 11 is 0. The summed E-state index contributed by atoms with van der Waals surface area (Å²) in [6.45, 7) is 6.15. The maximum atomic E-state index is 11.9. The lowest BCUT2D eigenvalue weighted by Crippen LogP contribution is -2.15. The molecule has 5 nitrogen and oxygen atoms in total. The lowest BCUT2D eigenvalue weighted by Gasteiger charge is -2.09. The Bertz CT molecular complexity index is 609. The number of allylic oxidation sites excluding steroid dienone is 4. The zero-order valence-corrected chi connectivity index (χ0v) is 13.1. The highest BCUT2D eigenvalue weighted by atomic mass is 16.5. The number of nitrogen functional groups attached to an aromatic ring is 1. The number of aromatic nitrogens is 1. The highest BCUT2D eigenvalue weighted by Crippen LogP contribution is 2.32. The Morgan fingerprint density at radius 1 is 1.33 bits per heavy atom. The molecule has 0 amide bonds. The highest BCUT2D eigenvalue weighted by Gasteiger charge is 2.15. The van der Waals surface area contributed by atoms with E-state index in [4.69, 9.17) is 10.5 Å². The van der Waals surface area contributed by atoms with Crippen molar-refractivity contribution in [1.82, 2.24) is 4.98 Å². The van der Waals surface area contributed by atoms with Crippen LogP contribution >= 0.6 is 0 Å². The maximum Gasteiger partial charge on any atom is 0.256 e. The Morgan fingerprint density at radius 3 is 2.57 bits per heavy atom. The summed E-state index contributed by atoms with van der Waals surface area (Å²) in [4.78, 5) is 14.3. The minimum absolute atomic E-state index is 0.0352. The Kier molecular flexibility index (Phi) is 6.09. The third-order valence-electron chi connectivity index (χ3n) is 3.22. The first kappa shape index (κ1) is 16.9. The molecule has 1 aromatic heterocycles. The molecule has 0 spiro atoms. The Hall–Kier alpha value is -2.17. The van der Waals surface area contributed by atoms with Gasteiger partial charge < -0.3 is 20.6 Å². The van der Waals surface area contributed by atoms with E-state index in [1.54, 1.807) is 0 Å². The van der Waals surface area contributed by atoms with Crippen LogP contribution < -0.4 is 16.0 Å². The van der Waals surface area contributed by atoms with Crippen molar-refractivity contribution in [2.24, 2.45) is 0 Å². The van der Waals surface area contributed by atoms with Gasteiger partial charge in [-0.25, -0.2) is 0 Å². The number of hydrogen-bond donors (Lipinski definition) is 3. The number of hydrogen-bond acceptors (Lipinski definition) is 4. The fourth-order valence-corrected chi connectivity index (χ4v) is 1.99. The molecule has 4 N–H and O–H groups in total. The zero-order chi connectivity index (χ0) is 16.0. The molecule has 21 heavy (non-hydrogen) atoms. The van der Waals surface area contributed by atoms with Gasteiger partial charge in [0, 0.05) is 0 Å². The fourth-order valence-electron chi connectivity index (χ4n) is 1.99. The number of nitrogens with one attached hydrogen (secondary N) is 1. The quantitative estimate of drug-likeness (QED) is 0.703. The highest BCUT2D eigenvalue weighted by molar-refractivity contribution is 5.57. The molecule has 5 heteroatoms. The third-order valence-corrected chi connectivity index (χ3v) is 3.22. The number of aromatic hydroxyl groups is 1. The fraction of sp³-hybridized carbons (Fsp3) is 0.438. The van der Waals surface area contributed by atoms with Crippen molar-refractivity contribution in [3.05, 3.63) is 39.2 Å². The maximum absolute atomic E-state index is 11.9. The summed E-state index contributed by atoms with van der Waals surface area (Å²) < 4.78 is 5.00. The van der Waals surface area contributed by atoms with Crippen molar-refractivity contribution in [1.29, 1.82) is 0 Å². The van der Waals surface area contributed by atoms with Crippen molar-refractivity contribution in [2.45, 2.75) is 40.0 Å². The summed E-state index contributed by atoms with van der Waals surface area (Å²) in [5.41, 5.74) is 7.93. The van der Waals surface area contributed by atoms with Crippen molar-refractivity contribution >= 4 is 5.82 Å². The van der Waals surface area contributed by atoms with E-state index in [1.807, 2.05) is 13.0 Å². The molecule has 0 saturated heterocycles. The van der Waals surface area contributed by atoms with Gasteiger partial charge in [-0.3, -0.25) is 4.79 Å². The van der Waals surface area contributed by atoms with E-state index in [-0.39, 0.29) is 28.4 Å². The minimum atomic E-state index is -0.390. The van der Waals surface area contributed by atoms with Gasteiger partial charge in [0.2, 0.25) is 5.75 Å². The molecule has 0 atom stereocenters. The first-order chi connectivity index (χ1) is 9.86. The van der Waals surface area contributed by atoms with Gasteiger partial charge in [0.25, 0.3) is 5.56 Å².